The molecule has 1 amide bonds. The van der Waals surface area contributed by atoms with Gasteiger partial charge in [0.2, 0.25) is 5.91 Å². The van der Waals surface area contributed by atoms with Gasteiger partial charge in [0.15, 0.2) is 5.11 Å². The first-order valence-corrected chi connectivity index (χ1v) is 14.1. The molecule has 206 valence electrons. The predicted octanol–water partition coefficient (Wildman–Crippen LogP) is 6.89. The van der Waals surface area contributed by atoms with Gasteiger partial charge in [-0.3, -0.25) is 9.78 Å². The first-order chi connectivity index (χ1) is 20.1. The zero-order valence-corrected chi connectivity index (χ0v) is 23.4. The van der Waals surface area contributed by atoms with E-state index in [-0.39, 0.29) is 24.4 Å². The maximum atomic E-state index is 13.1. The summed E-state index contributed by atoms with van der Waals surface area (Å²) in [6.45, 7) is 2.99. The van der Waals surface area contributed by atoms with Gasteiger partial charge < -0.3 is 24.7 Å². The number of rotatable bonds is 9. The third-order valence-electron chi connectivity index (χ3n) is 7.21. The second kappa shape index (κ2) is 11.8. The average Bonchev–Trinajstić information content (AvgIpc) is 3.62. The molecule has 1 aliphatic heterocycles. The lowest BCUT2D eigenvalue weighted by Gasteiger charge is -2.26. The van der Waals surface area contributed by atoms with E-state index in [1.807, 2.05) is 109 Å². The lowest BCUT2D eigenvalue weighted by Crippen LogP contribution is -2.32. The molecule has 7 nitrogen and oxygen atoms in total. The number of fused-ring (bicyclic) bond motifs is 1. The van der Waals surface area contributed by atoms with Gasteiger partial charge in [-0.1, -0.05) is 42.5 Å². The lowest BCUT2D eigenvalue weighted by molar-refractivity contribution is -0.116. The van der Waals surface area contributed by atoms with Gasteiger partial charge in [-0.05, 0) is 79.1 Å². The number of amides is 1. The van der Waals surface area contributed by atoms with Crippen LogP contribution >= 0.6 is 12.2 Å². The highest BCUT2D eigenvalue weighted by Crippen LogP contribution is 2.40. The molecule has 2 atom stereocenters. The Morgan fingerprint density at radius 1 is 1.00 bits per heavy atom. The Hall–Kier alpha value is -4.69. The zero-order chi connectivity index (χ0) is 28.2. The Morgan fingerprint density at radius 3 is 2.61 bits per heavy atom. The summed E-state index contributed by atoms with van der Waals surface area (Å²) in [6, 6.07) is 31.0. The number of nitrogens with zero attached hydrogens (tertiary/aromatic N) is 2. The maximum Gasteiger partial charge on any atom is 0.226 e. The highest BCUT2D eigenvalue weighted by atomic mass is 32.1. The first kappa shape index (κ1) is 26.5. The Morgan fingerprint density at radius 2 is 1.80 bits per heavy atom. The number of hydrogen-bond donors (Lipinski definition) is 2. The largest absolute Gasteiger partial charge is 0.494 e. The number of ether oxygens (including phenoxy) is 1. The van der Waals surface area contributed by atoms with Crippen LogP contribution in [0, 0.1) is 0 Å². The standard InChI is InChI=1S/C33H30N4O3S/c1-2-39-24-15-13-23(14-16-24)28-17-18-29(40-28)32-31(27-11-5-6-20-34-27)36-33(41)37(32)21-19-30(38)35-26-12-7-9-22-8-3-4-10-25(22)26/h3-18,20,31-32H,2,19,21H2,1H3,(H,35,38)(H,36,41)/t31-,32-/m0/s1. The van der Waals surface area contributed by atoms with Gasteiger partial charge >= 0.3 is 0 Å². The fraction of sp³-hybridized carbons (Fsp3) is 0.182. The number of hydrogen-bond acceptors (Lipinski definition) is 5. The van der Waals surface area contributed by atoms with Crippen molar-refractivity contribution < 1.29 is 13.9 Å². The smallest absolute Gasteiger partial charge is 0.226 e. The third kappa shape index (κ3) is 5.64. The van der Waals surface area contributed by atoms with E-state index in [0.29, 0.717) is 18.3 Å². The minimum absolute atomic E-state index is 0.0845. The normalized spacial score (nSPS) is 16.5. The minimum Gasteiger partial charge on any atom is -0.494 e. The van der Waals surface area contributed by atoms with E-state index in [2.05, 4.69) is 15.6 Å². The molecule has 0 spiro atoms. The van der Waals surface area contributed by atoms with E-state index in [1.165, 1.54) is 0 Å². The van der Waals surface area contributed by atoms with Crippen LogP contribution < -0.4 is 15.4 Å². The van der Waals surface area contributed by atoms with Crippen molar-refractivity contribution in [1.29, 1.82) is 0 Å². The Bertz CT molecular complexity index is 1660. The second-order valence-electron chi connectivity index (χ2n) is 9.80. The molecule has 0 aliphatic carbocycles. The third-order valence-corrected chi connectivity index (χ3v) is 7.56. The Kier molecular flexibility index (Phi) is 7.65. The topological polar surface area (TPSA) is 79.6 Å². The number of benzene rings is 3. The molecule has 41 heavy (non-hydrogen) atoms. The Labute approximate surface area is 244 Å². The van der Waals surface area contributed by atoms with E-state index in [0.717, 1.165) is 45.0 Å². The summed E-state index contributed by atoms with van der Waals surface area (Å²) in [4.78, 5) is 19.7. The SMILES string of the molecule is CCOc1ccc(-c2ccc([C@H]3[C@H](c4ccccn4)NC(=S)N3CCC(=O)Nc3cccc4ccccc34)o2)cc1. The summed E-state index contributed by atoms with van der Waals surface area (Å²) in [5.74, 6) is 2.22. The quantitative estimate of drug-likeness (QED) is 0.189. The van der Waals surface area contributed by atoms with Gasteiger partial charge in [-0.25, -0.2) is 0 Å². The van der Waals surface area contributed by atoms with E-state index in [9.17, 15) is 4.79 Å². The van der Waals surface area contributed by atoms with Crippen molar-refractivity contribution in [2.45, 2.75) is 25.4 Å². The van der Waals surface area contributed by atoms with Gasteiger partial charge in [-0.15, -0.1) is 0 Å². The van der Waals surface area contributed by atoms with Crippen molar-refractivity contribution in [3.8, 4) is 17.1 Å². The monoisotopic (exact) mass is 562 g/mol. The molecule has 3 aromatic carbocycles. The molecule has 3 heterocycles. The van der Waals surface area contributed by atoms with Crippen molar-refractivity contribution in [2.24, 2.45) is 0 Å². The van der Waals surface area contributed by atoms with Crippen LogP contribution in [-0.2, 0) is 4.79 Å². The number of furan rings is 1. The van der Waals surface area contributed by atoms with E-state index in [1.54, 1.807) is 6.20 Å². The van der Waals surface area contributed by atoms with E-state index < -0.39 is 0 Å². The molecule has 0 radical (unpaired) electrons. The molecular weight excluding hydrogens is 532 g/mol. The number of nitrogens with one attached hydrogen (secondary N) is 2. The molecule has 6 rings (SSSR count). The van der Waals surface area contributed by atoms with Crippen molar-refractivity contribution in [2.75, 3.05) is 18.5 Å². The van der Waals surface area contributed by atoms with Crippen LogP contribution in [0.1, 0.15) is 36.9 Å². The van der Waals surface area contributed by atoms with Crippen molar-refractivity contribution in [3.63, 3.8) is 0 Å². The van der Waals surface area contributed by atoms with E-state index in [4.69, 9.17) is 21.4 Å². The summed E-state index contributed by atoms with van der Waals surface area (Å²) >= 11 is 5.78. The lowest BCUT2D eigenvalue weighted by atomic mass is 10.0. The number of aromatic nitrogens is 1. The van der Waals surface area contributed by atoms with Gasteiger partial charge in [-0.2, -0.15) is 0 Å². The van der Waals surface area contributed by atoms with Crippen LogP contribution in [0.15, 0.2) is 108 Å². The van der Waals surface area contributed by atoms with Gasteiger partial charge in [0, 0.05) is 35.8 Å². The highest BCUT2D eigenvalue weighted by molar-refractivity contribution is 7.80. The molecule has 1 saturated heterocycles. The number of anilines is 1. The van der Waals surface area contributed by atoms with Crippen LogP contribution in [0.3, 0.4) is 0 Å². The minimum atomic E-state index is -0.279. The number of carbonyl (C=O) groups excluding carboxylic acids is 1. The highest BCUT2D eigenvalue weighted by Gasteiger charge is 2.41. The predicted molar refractivity (Wildman–Crippen MR) is 165 cm³/mol. The molecule has 0 bridgehead atoms. The Balaban J connectivity index is 1.24. The molecule has 0 unspecified atom stereocenters. The van der Waals surface area contributed by atoms with Crippen molar-refractivity contribution in [3.05, 3.63) is 115 Å². The van der Waals surface area contributed by atoms with Crippen LogP contribution in [0.5, 0.6) is 5.75 Å². The molecule has 0 saturated carbocycles. The van der Waals surface area contributed by atoms with Crippen LogP contribution in [0.2, 0.25) is 0 Å². The fourth-order valence-corrected chi connectivity index (χ4v) is 5.61. The van der Waals surface area contributed by atoms with Crippen LogP contribution in [-0.4, -0.2) is 34.1 Å². The van der Waals surface area contributed by atoms with Gasteiger partial charge in [0.1, 0.15) is 23.3 Å². The molecule has 5 aromatic rings. The molecule has 2 N–H and O–H groups in total. The average molecular weight is 563 g/mol. The first-order valence-electron chi connectivity index (χ1n) is 13.7. The number of pyridine rings is 1. The van der Waals surface area contributed by atoms with Gasteiger partial charge in [0.05, 0.1) is 18.3 Å². The number of thiocarbonyl (C=S) groups is 1. The van der Waals surface area contributed by atoms with Crippen LogP contribution in [0.25, 0.3) is 22.1 Å². The summed E-state index contributed by atoms with van der Waals surface area (Å²) in [5.41, 5.74) is 2.59. The van der Waals surface area contributed by atoms with Crippen LogP contribution in [0.4, 0.5) is 5.69 Å². The van der Waals surface area contributed by atoms with E-state index >= 15 is 0 Å². The molecule has 1 fully saturated rings. The molecule has 8 heteroatoms. The summed E-state index contributed by atoms with van der Waals surface area (Å²) in [6.07, 6.45) is 2.02. The summed E-state index contributed by atoms with van der Waals surface area (Å²) in [5, 5.41) is 9.15. The maximum absolute atomic E-state index is 13.1. The van der Waals surface area contributed by atoms with Gasteiger partial charge in [0.25, 0.3) is 0 Å². The molecular formula is C33H30N4O3S. The zero-order valence-electron chi connectivity index (χ0n) is 22.6. The molecule has 2 aromatic heterocycles. The second-order valence-corrected chi connectivity index (χ2v) is 10.2. The van der Waals surface area contributed by atoms with Crippen molar-refractivity contribution >= 4 is 39.7 Å². The molecule has 1 aliphatic rings. The fourth-order valence-electron chi connectivity index (χ4n) is 5.27. The number of carbonyl (C=O) groups is 1. The van der Waals surface area contributed by atoms with Crippen molar-refractivity contribution in [1.82, 2.24) is 15.2 Å². The summed E-state index contributed by atoms with van der Waals surface area (Å²) in [7, 11) is 0. The summed E-state index contributed by atoms with van der Waals surface area (Å²) < 4.78 is 12.0.